The Morgan fingerprint density at radius 2 is 1.65 bits per heavy atom. The minimum atomic E-state index is -0.854. The van der Waals surface area contributed by atoms with Gasteiger partial charge in [0.1, 0.15) is 17.2 Å². The van der Waals surface area contributed by atoms with E-state index in [2.05, 4.69) is 45.9 Å². The van der Waals surface area contributed by atoms with Crippen LogP contribution in [-0.4, -0.2) is 39.8 Å². The summed E-state index contributed by atoms with van der Waals surface area (Å²) in [6.07, 6.45) is 7.14. The fourth-order valence-corrected chi connectivity index (χ4v) is 5.60. The Bertz CT molecular complexity index is 985. The predicted molar refractivity (Wildman–Crippen MR) is 121 cm³/mol. The first-order chi connectivity index (χ1) is 15.2. The number of aromatic nitrogens is 2. The third-order valence-electron chi connectivity index (χ3n) is 7.14. The molecule has 1 saturated heterocycles. The first-order valence-electron chi connectivity index (χ1n) is 11.3. The molecule has 0 spiro atoms. The van der Waals surface area contributed by atoms with Crippen LogP contribution in [0.15, 0.2) is 67.0 Å². The van der Waals surface area contributed by atoms with E-state index in [0.717, 1.165) is 50.6 Å². The molecule has 5 heteroatoms. The van der Waals surface area contributed by atoms with E-state index in [4.69, 9.17) is 9.72 Å². The summed E-state index contributed by atoms with van der Waals surface area (Å²) in [5.74, 6) is 2.14. The molecule has 0 radical (unpaired) electrons. The fraction of sp³-hybridized carbons (Fsp3) is 0.423. The molecule has 0 amide bonds. The number of benzene rings is 2. The van der Waals surface area contributed by atoms with Gasteiger partial charge in [0.25, 0.3) is 0 Å². The third-order valence-corrected chi connectivity index (χ3v) is 7.14. The van der Waals surface area contributed by atoms with E-state index in [-0.39, 0.29) is 11.8 Å². The normalized spacial score (nSPS) is 26.0. The second-order valence-corrected chi connectivity index (χ2v) is 9.06. The molecule has 1 aromatic heterocycles. The number of nitrogens with zero attached hydrogens (tertiary/aromatic N) is 3. The summed E-state index contributed by atoms with van der Waals surface area (Å²) in [4.78, 5) is 7.21. The number of rotatable bonds is 6. The molecule has 5 rings (SSSR count). The molecule has 2 aromatic carbocycles. The number of aliphatic hydroxyl groups is 1. The van der Waals surface area contributed by atoms with Crippen molar-refractivity contribution in [1.82, 2.24) is 14.5 Å². The van der Waals surface area contributed by atoms with Gasteiger partial charge in [0.2, 0.25) is 0 Å². The number of methoxy groups -OCH3 is 1. The van der Waals surface area contributed by atoms with Crippen LogP contribution in [0.5, 0.6) is 5.75 Å². The van der Waals surface area contributed by atoms with Crippen LogP contribution in [0.1, 0.15) is 36.2 Å². The van der Waals surface area contributed by atoms with Crippen LogP contribution in [-0.2, 0) is 18.7 Å². The number of likely N-dealkylation sites (tertiary alicyclic amines) is 1. The molecule has 3 atom stereocenters. The van der Waals surface area contributed by atoms with Crippen LogP contribution in [0.4, 0.5) is 0 Å². The summed E-state index contributed by atoms with van der Waals surface area (Å²) < 4.78 is 7.44. The average molecular weight is 418 g/mol. The summed E-state index contributed by atoms with van der Waals surface area (Å²) in [6, 6.07) is 18.8. The lowest BCUT2D eigenvalue weighted by Crippen LogP contribution is -2.58. The Hall–Kier alpha value is -2.63. The van der Waals surface area contributed by atoms with Gasteiger partial charge >= 0.3 is 0 Å². The molecule has 2 bridgehead atoms. The molecular weight excluding hydrogens is 386 g/mol. The van der Waals surface area contributed by atoms with Crippen molar-refractivity contribution in [3.8, 4) is 5.75 Å². The van der Waals surface area contributed by atoms with E-state index in [1.54, 1.807) is 7.11 Å². The van der Waals surface area contributed by atoms with Crippen LogP contribution >= 0.6 is 0 Å². The van der Waals surface area contributed by atoms with Gasteiger partial charge in [-0.15, -0.1) is 0 Å². The van der Waals surface area contributed by atoms with E-state index in [1.807, 2.05) is 30.6 Å². The average Bonchev–Trinajstić information content (AvgIpc) is 3.24. The molecule has 2 heterocycles. The van der Waals surface area contributed by atoms with Crippen LogP contribution in [0.2, 0.25) is 0 Å². The van der Waals surface area contributed by atoms with E-state index in [9.17, 15) is 5.11 Å². The SMILES string of the molecule is COc1ccc(CN2C[C@H]3CCC[C@@H](C2)C3(O)c2nccn2Cc2ccccc2)cc1. The molecule has 3 aromatic rings. The molecule has 162 valence electrons. The Kier molecular flexibility index (Phi) is 5.55. The van der Waals surface area contributed by atoms with Gasteiger partial charge in [0.05, 0.1) is 7.11 Å². The van der Waals surface area contributed by atoms with Crippen molar-refractivity contribution in [1.29, 1.82) is 0 Å². The second-order valence-electron chi connectivity index (χ2n) is 9.06. The van der Waals surface area contributed by atoms with Gasteiger partial charge in [-0.3, -0.25) is 4.90 Å². The van der Waals surface area contributed by atoms with E-state index >= 15 is 0 Å². The number of piperidine rings is 1. The predicted octanol–water partition coefficient (Wildman–Crippen LogP) is 4.06. The summed E-state index contributed by atoms with van der Waals surface area (Å²) in [5, 5.41) is 12.1. The van der Waals surface area contributed by atoms with Crippen LogP contribution in [0, 0.1) is 11.8 Å². The molecule has 5 nitrogen and oxygen atoms in total. The monoisotopic (exact) mass is 417 g/mol. The van der Waals surface area contributed by atoms with Gasteiger partial charge in [0, 0.05) is 50.4 Å². The maximum Gasteiger partial charge on any atom is 0.141 e. The van der Waals surface area contributed by atoms with E-state index < -0.39 is 5.60 Å². The molecule has 2 fully saturated rings. The maximum absolute atomic E-state index is 12.1. The highest BCUT2D eigenvalue weighted by molar-refractivity contribution is 5.27. The van der Waals surface area contributed by atoms with Gasteiger partial charge < -0.3 is 14.4 Å². The lowest BCUT2D eigenvalue weighted by Gasteiger charge is -2.52. The highest BCUT2D eigenvalue weighted by Gasteiger charge is 2.53. The zero-order valence-corrected chi connectivity index (χ0v) is 18.2. The van der Waals surface area contributed by atoms with Crippen molar-refractivity contribution in [3.63, 3.8) is 0 Å². The van der Waals surface area contributed by atoms with E-state index in [0.29, 0.717) is 0 Å². The van der Waals surface area contributed by atoms with Gasteiger partial charge in [-0.2, -0.15) is 0 Å². The second kappa shape index (κ2) is 8.48. The van der Waals surface area contributed by atoms with Crippen LogP contribution in [0.3, 0.4) is 0 Å². The summed E-state index contributed by atoms with van der Waals surface area (Å²) in [5.41, 5.74) is 1.66. The molecule has 31 heavy (non-hydrogen) atoms. The topological polar surface area (TPSA) is 50.5 Å². The standard InChI is InChI=1S/C26H31N3O2/c1-31-24-12-10-21(11-13-24)16-28-18-22-8-5-9-23(19-28)26(22,30)25-27-14-15-29(25)17-20-6-3-2-4-7-20/h2-4,6-7,10-15,22-23,30H,5,8-9,16-19H2,1H3/t22-,23+,26?. The smallest absolute Gasteiger partial charge is 0.141 e. The lowest BCUT2D eigenvalue weighted by molar-refractivity contribution is -0.155. The van der Waals surface area contributed by atoms with Crippen molar-refractivity contribution < 1.29 is 9.84 Å². The maximum atomic E-state index is 12.1. The molecule has 2 aliphatic rings. The molecule has 1 unspecified atom stereocenters. The van der Waals surface area contributed by atoms with Gasteiger partial charge in [-0.25, -0.2) is 4.98 Å². The van der Waals surface area contributed by atoms with Crippen molar-refractivity contribution in [2.45, 2.75) is 38.0 Å². The lowest BCUT2D eigenvalue weighted by atomic mass is 9.65. The summed E-state index contributed by atoms with van der Waals surface area (Å²) in [7, 11) is 1.70. The summed E-state index contributed by atoms with van der Waals surface area (Å²) >= 11 is 0. The number of fused-ring (bicyclic) bond motifs is 2. The van der Waals surface area contributed by atoms with Gasteiger partial charge in [-0.1, -0.05) is 48.9 Å². The third kappa shape index (κ3) is 3.88. The molecule has 1 N–H and O–H groups in total. The first-order valence-corrected chi connectivity index (χ1v) is 11.3. The molecule has 1 saturated carbocycles. The first kappa shape index (κ1) is 20.3. The highest BCUT2D eigenvalue weighted by atomic mass is 16.5. The Labute approximate surface area is 184 Å². The van der Waals surface area contributed by atoms with Crippen LogP contribution < -0.4 is 4.74 Å². The molecular formula is C26H31N3O2. The minimum Gasteiger partial charge on any atom is -0.497 e. The quantitative estimate of drug-likeness (QED) is 0.657. The van der Waals surface area contributed by atoms with E-state index in [1.165, 1.54) is 17.5 Å². The zero-order chi connectivity index (χ0) is 21.3. The van der Waals surface area contributed by atoms with Crippen molar-refractivity contribution in [2.24, 2.45) is 11.8 Å². The highest BCUT2D eigenvalue weighted by Crippen LogP contribution is 2.49. The number of hydrogen-bond donors (Lipinski definition) is 1. The minimum absolute atomic E-state index is 0.204. The zero-order valence-electron chi connectivity index (χ0n) is 18.2. The molecule has 1 aliphatic heterocycles. The fourth-order valence-electron chi connectivity index (χ4n) is 5.60. The van der Waals surface area contributed by atoms with Crippen molar-refractivity contribution in [2.75, 3.05) is 20.2 Å². The Morgan fingerprint density at radius 1 is 0.968 bits per heavy atom. The Balaban J connectivity index is 1.37. The van der Waals surface area contributed by atoms with Crippen molar-refractivity contribution >= 4 is 0 Å². The van der Waals surface area contributed by atoms with Gasteiger partial charge in [-0.05, 0) is 36.1 Å². The number of ether oxygens (including phenoxy) is 1. The largest absolute Gasteiger partial charge is 0.497 e. The Morgan fingerprint density at radius 3 is 2.32 bits per heavy atom. The number of imidazole rings is 1. The number of hydrogen-bond acceptors (Lipinski definition) is 4. The molecule has 1 aliphatic carbocycles. The van der Waals surface area contributed by atoms with Crippen molar-refractivity contribution in [3.05, 3.63) is 83.9 Å². The summed E-state index contributed by atoms with van der Waals surface area (Å²) in [6.45, 7) is 3.45. The van der Waals surface area contributed by atoms with Gasteiger partial charge in [0.15, 0.2) is 0 Å². The van der Waals surface area contributed by atoms with Crippen LogP contribution in [0.25, 0.3) is 0 Å².